The first-order valence-corrected chi connectivity index (χ1v) is 10.3. The molecule has 0 radical (unpaired) electrons. The summed E-state index contributed by atoms with van der Waals surface area (Å²) in [5.74, 6) is -2.26. The monoisotopic (exact) mass is 393 g/mol. The molecule has 1 aromatic rings. The number of aliphatic carboxylic acids is 1. The zero-order chi connectivity index (χ0) is 19.9. The number of benzene rings is 1. The van der Waals surface area contributed by atoms with Gasteiger partial charge in [-0.1, -0.05) is 0 Å². The molecule has 0 aliphatic carbocycles. The van der Waals surface area contributed by atoms with E-state index in [4.69, 9.17) is 0 Å². The van der Waals surface area contributed by atoms with Gasteiger partial charge in [0, 0.05) is 43.5 Å². The zero-order valence-electron chi connectivity index (χ0n) is 16.4. The Morgan fingerprint density at radius 1 is 1.11 bits per heavy atom. The van der Waals surface area contributed by atoms with Crippen LogP contribution in [0.5, 0.6) is 0 Å². The second-order valence-electron chi connectivity index (χ2n) is 8.62. The highest BCUT2D eigenvalue weighted by atomic mass is 19.2. The van der Waals surface area contributed by atoms with Crippen molar-refractivity contribution in [1.82, 2.24) is 9.80 Å². The lowest BCUT2D eigenvalue weighted by Gasteiger charge is -2.54. The molecule has 0 saturated carbocycles. The van der Waals surface area contributed by atoms with E-state index in [0.29, 0.717) is 12.5 Å². The Kier molecular flexibility index (Phi) is 5.31. The van der Waals surface area contributed by atoms with Crippen LogP contribution in [-0.4, -0.2) is 72.7 Å². The van der Waals surface area contributed by atoms with E-state index in [1.165, 1.54) is 12.1 Å². The van der Waals surface area contributed by atoms with Gasteiger partial charge in [-0.3, -0.25) is 9.69 Å². The van der Waals surface area contributed by atoms with Gasteiger partial charge in [-0.15, -0.1) is 0 Å². The fraction of sp³-hybridized carbons (Fsp3) is 0.667. The highest BCUT2D eigenvalue weighted by Gasteiger charge is 2.52. The molecule has 3 saturated heterocycles. The van der Waals surface area contributed by atoms with Crippen LogP contribution in [0.4, 0.5) is 14.5 Å². The smallest absolute Gasteiger partial charge is 0.311 e. The minimum Gasteiger partial charge on any atom is -0.481 e. The van der Waals surface area contributed by atoms with Crippen molar-refractivity contribution in [2.45, 2.75) is 44.2 Å². The number of likely N-dealkylation sites (N-methyl/N-ethyl adjacent to an activating group) is 1. The van der Waals surface area contributed by atoms with Crippen LogP contribution in [0.3, 0.4) is 0 Å². The molecule has 3 fully saturated rings. The van der Waals surface area contributed by atoms with Crippen molar-refractivity contribution in [3.05, 3.63) is 29.8 Å². The van der Waals surface area contributed by atoms with E-state index in [1.807, 2.05) is 0 Å². The van der Waals surface area contributed by atoms with Crippen molar-refractivity contribution in [3.8, 4) is 0 Å². The third-order valence-electron chi connectivity index (χ3n) is 7.23. The second-order valence-corrected chi connectivity index (χ2v) is 8.62. The van der Waals surface area contributed by atoms with Crippen molar-refractivity contribution in [2.24, 2.45) is 5.41 Å². The Bertz CT molecular complexity index is 738. The standard InChI is InChI=1S/C21H29F2N3O2/c1-24-9-2-7-21(20(27)28)8-12-26(14-19(21)24)15-5-10-25(11-6-15)16-3-4-17(22)18(23)13-16/h3-4,13,15,19H,2,5-12,14H2,1H3,(H,27,28)/t19-,21+/m1/s1. The first kappa shape index (κ1) is 19.6. The molecule has 154 valence electrons. The van der Waals surface area contributed by atoms with Crippen LogP contribution in [0, 0.1) is 17.0 Å². The lowest BCUT2D eigenvalue weighted by molar-refractivity contribution is -0.163. The minimum absolute atomic E-state index is 0.0664. The summed E-state index contributed by atoms with van der Waals surface area (Å²) in [4.78, 5) is 18.9. The van der Waals surface area contributed by atoms with E-state index < -0.39 is 23.0 Å². The van der Waals surface area contributed by atoms with Crippen molar-refractivity contribution in [1.29, 1.82) is 0 Å². The van der Waals surface area contributed by atoms with E-state index in [-0.39, 0.29) is 6.04 Å². The Morgan fingerprint density at radius 2 is 1.86 bits per heavy atom. The number of piperidine rings is 3. The largest absolute Gasteiger partial charge is 0.481 e. The number of rotatable bonds is 3. The predicted molar refractivity (Wildman–Crippen MR) is 104 cm³/mol. The summed E-state index contributed by atoms with van der Waals surface area (Å²) in [5, 5.41) is 9.93. The molecule has 4 rings (SSSR count). The number of halogens is 2. The average Bonchev–Trinajstić information content (AvgIpc) is 2.70. The number of carbonyl (C=O) groups is 1. The summed E-state index contributed by atoms with van der Waals surface area (Å²) in [6.45, 7) is 4.20. The van der Waals surface area contributed by atoms with Crippen LogP contribution in [0.25, 0.3) is 0 Å². The molecule has 0 unspecified atom stereocenters. The Morgan fingerprint density at radius 3 is 2.54 bits per heavy atom. The van der Waals surface area contributed by atoms with Gasteiger partial charge >= 0.3 is 5.97 Å². The zero-order valence-corrected chi connectivity index (χ0v) is 16.4. The lowest BCUT2D eigenvalue weighted by Crippen LogP contribution is -2.64. The summed E-state index contributed by atoms with van der Waals surface area (Å²) in [6.07, 6.45) is 4.34. The number of fused-ring (bicyclic) bond motifs is 1. The van der Waals surface area contributed by atoms with Crippen LogP contribution < -0.4 is 4.90 Å². The summed E-state index contributed by atoms with van der Waals surface area (Å²) in [6, 6.07) is 4.58. The molecule has 1 aromatic carbocycles. The van der Waals surface area contributed by atoms with Gasteiger partial charge in [-0.2, -0.15) is 0 Å². The molecule has 7 heteroatoms. The topological polar surface area (TPSA) is 47.0 Å². The van der Waals surface area contributed by atoms with Crippen molar-refractivity contribution >= 4 is 11.7 Å². The van der Waals surface area contributed by atoms with Gasteiger partial charge in [0.15, 0.2) is 11.6 Å². The van der Waals surface area contributed by atoms with Gasteiger partial charge in [0.1, 0.15) is 0 Å². The maximum Gasteiger partial charge on any atom is 0.311 e. The van der Waals surface area contributed by atoms with Crippen molar-refractivity contribution < 1.29 is 18.7 Å². The van der Waals surface area contributed by atoms with Crippen LogP contribution in [0.15, 0.2) is 18.2 Å². The molecule has 0 amide bonds. The van der Waals surface area contributed by atoms with E-state index in [0.717, 1.165) is 64.1 Å². The van der Waals surface area contributed by atoms with Gasteiger partial charge in [0.2, 0.25) is 0 Å². The molecule has 0 bridgehead atoms. The minimum atomic E-state index is -0.814. The molecule has 0 spiro atoms. The van der Waals surface area contributed by atoms with Crippen molar-refractivity contribution in [2.75, 3.05) is 44.7 Å². The number of anilines is 1. The number of likely N-dealkylation sites (tertiary alicyclic amines) is 2. The molecule has 28 heavy (non-hydrogen) atoms. The number of carboxylic acids is 1. The number of nitrogens with zero attached hydrogens (tertiary/aromatic N) is 3. The third-order valence-corrected chi connectivity index (χ3v) is 7.23. The molecule has 1 N–H and O–H groups in total. The average molecular weight is 393 g/mol. The molecule has 2 atom stereocenters. The van der Waals surface area contributed by atoms with E-state index in [2.05, 4.69) is 21.7 Å². The lowest BCUT2D eigenvalue weighted by atomic mass is 9.68. The molecule has 5 nitrogen and oxygen atoms in total. The Labute approximate surface area is 164 Å². The van der Waals surface area contributed by atoms with Crippen LogP contribution >= 0.6 is 0 Å². The van der Waals surface area contributed by atoms with Crippen LogP contribution in [0.1, 0.15) is 32.1 Å². The van der Waals surface area contributed by atoms with E-state index >= 15 is 0 Å². The number of hydrogen-bond acceptors (Lipinski definition) is 4. The van der Waals surface area contributed by atoms with Crippen LogP contribution in [0.2, 0.25) is 0 Å². The molecular weight excluding hydrogens is 364 g/mol. The third kappa shape index (κ3) is 3.39. The predicted octanol–water partition coefficient (Wildman–Crippen LogP) is 2.80. The highest BCUT2D eigenvalue weighted by Crippen LogP contribution is 2.43. The first-order valence-electron chi connectivity index (χ1n) is 10.3. The number of hydrogen-bond donors (Lipinski definition) is 1. The molecule has 3 heterocycles. The normalized spacial score (nSPS) is 30.2. The second kappa shape index (κ2) is 7.59. The van der Waals surface area contributed by atoms with Crippen LogP contribution in [-0.2, 0) is 4.79 Å². The fourth-order valence-corrected chi connectivity index (χ4v) is 5.51. The maximum atomic E-state index is 13.5. The SMILES string of the molecule is CN1CCC[C@]2(C(=O)O)CCN(C3CCN(c4ccc(F)c(F)c4)CC3)C[C@@H]12. The van der Waals surface area contributed by atoms with Gasteiger partial charge in [0.25, 0.3) is 0 Å². The van der Waals surface area contributed by atoms with E-state index in [9.17, 15) is 18.7 Å². The molecule has 0 aromatic heterocycles. The van der Waals surface area contributed by atoms with E-state index in [1.54, 1.807) is 6.07 Å². The molecule has 3 aliphatic heterocycles. The summed E-state index contributed by atoms with van der Waals surface area (Å²) in [5.41, 5.74) is 0.128. The summed E-state index contributed by atoms with van der Waals surface area (Å²) < 4.78 is 26.7. The first-order chi connectivity index (χ1) is 13.4. The molecule has 3 aliphatic rings. The van der Waals surface area contributed by atoms with Gasteiger partial charge in [-0.25, -0.2) is 8.78 Å². The summed E-state index contributed by atoms with van der Waals surface area (Å²) in [7, 11) is 2.05. The molecular formula is C21H29F2N3O2. The fourth-order valence-electron chi connectivity index (χ4n) is 5.51. The Balaban J connectivity index is 1.40. The van der Waals surface area contributed by atoms with Gasteiger partial charge in [-0.05, 0) is 64.4 Å². The quantitative estimate of drug-likeness (QED) is 0.856. The maximum absolute atomic E-state index is 13.5. The Hall–Kier alpha value is -1.73. The van der Waals surface area contributed by atoms with Gasteiger partial charge < -0.3 is 14.9 Å². The van der Waals surface area contributed by atoms with Crippen molar-refractivity contribution in [3.63, 3.8) is 0 Å². The summed E-state index contributed by atoms with van der Waals surface area (Å²) >= 11 is 0. The van der Waals surface area contributed by atoms with Gasteiger partial charge in [0.05, 0.1) is 5.41 Å². The number of carboxylic acid groups (broad SMARTS) is 1. The highest BCUT2D eigenvalue weighted by molar-refractivity contribution is 5.76.